The summed E-state index contributed by atoms with van der Waals surface area (Å²) in [5.74, 6) is 1.38. The molecule has 0 bridgehead atoms. The van der Waals surface area contributed by atoms with Crippen LogP contribution < -0.4 is 15.4 Å². The van der Waals surface area contributed by atoms with Crippen molar-refractivity contribution in [3.05, 3.63) is 66.6 Å². The van der Waals surface area contributed by atoms with Crippen LogP contribution in [-0.2, 0) is 6.54 Å². The first kappa shape index (κ1) is 16.5. The van der Waals surface area contributed by atoms with Crippen molar-refractivity contribution in [1.29, 1.82) is 0 Å². The summed E-state index contributed by atoms with van der Waals surface area (Å²) in [7, 11) is 1.70. The molecule has 0 unspecified atom stereocenters. The lowest BCUT2D eigenvalue weighted by Gasteiger charge is -2.10. The van der Waals surface area contributed by atoms with Gasteiger partial charge in [-0.15, -0.1) is 6.58 Å². The Morgan fingerprint density at radius 2 is 2.04 bits per heavy atom. The first-order valence-corrected chi connectivity index (χ1v) is 7.15. The molecular formula is C17H19FN4O. The number of nitrogens with zero attached hydrogens (tertiary/aromatic N) is 2. The zero-order valence-corrected chi connectivity index (χ0v) is 12.9. The van der Waals surface area contributed by atoms with E-state index < -0.39 is 0 Å². The topological polar surface area (TPSA) is 58.5 Å². The molecular weight excluding hydrogens is 295 g/mol. The maximum Gasteiger partial charge on any atom is 0.219 e. The summed E-state index contributed by atoms with van der Waals surface area (Å²) < 4.78 is 18.4. The lowest BCUT2D eigenvalue weighted by atomic mass is 10.3. The Balaban J connectivity index is 1.89. The Kier molecular flexibility index (Phi) is 6.11. The summed E-state index contributed by atoms with van der Waals surface area (Å²) in [4.78, 5) is 8.32. The molecule has 0 aliphatic heterocycles. The van der Waals surface area contributed by atoms with Crippen LogP contribution in [0.25, 0.3) is 0 Å². The van der Waals surface area contributed by atoms with Gasteiger partial charge in [0, 0.05) is 32.4 Å². The second-order valence-electron chi connectivity index (χ2n) is 4.66. The molecule has 0 saturated heterocycles. The number of hydrogen-bond donors (Lipinski definition) is 2. The monoisotopic (exact) mass is 314 g/mol. The van der Waals surface area contributed by atoms with Crippen molar-refractivity contribution in [3.8, 4) is 11.6 Å². The molecule has 0 amide bonds. The van der Waals surface area contributed by atoms with E-state index in [2.05, 4.69) is 27.2 Å². The van der Waals surface area contributed by atoms with Crippen LogP contribution in [0.2, 0.25) is 0 Å². The summed E-state index contributed by atoms with van der Waals surface area (Å²) >= 11 is 0. The number of nitrogens with one attached hydrogen (secondary N) is 2. The van der Waals surface area contributed by atoms with Gasteiger partial charge in [-0.2, -0.15) is 0 Å². The number of aromatic nitrogens is 1. The van der Waals surface area contributed by atoms with Crippen LogP contribution in [0.1, 0.15) is 5.56 Å². The molecule has 2 N–H and O–H groups in total. The summed E-state index contributed by atoms with van der Waals surface area (Å²) in [6, 6.07) is 9.47. The number of rotatable bonds is 6. The van der Waals surface area contributed by atoms with Gasteiger partial charge in [-0.3, -0.25) is 4.99 Å². The predicted octanol–water partition coefficient (Wildman–Crippen LogP) is 2.86. The number of hydrogen-bond acceptors (Lipinski definition) is 3. The minimum atomic E-state index is -0.301. The van der Waals surface area contributed by atoms with Crippen LogP contribution in [0.3, 0.4) is 0 Å². The molecule has 1 heterocycles. The fraction of sp³-hybridized carbons (Fsp3) is 0.176. The summed E-state index contributed by atoms with van der Waals surface area (Å²) in [6.45, 7) is 4.87. The molecule has 23 heavy (non-hydrogen) atoms. The summed E-state index contributed by atoms with van der Waals surface area (Å²) in [5.41, 5.74) is 0.984. The average molecular weight is 314 g/mol. The molecule has 0 atom stereocenters. The van der Waals surface area contributed by atoms with Crippen molar-refractivity contribution < 1.29 is 9.13 Å². The second kappa shape index (κ2) is 8.53. The predicted molar refractivity (Wildman–Crippen MR) is 89.1 cm³/mol. The smallest absolute Gasteiger partial charge is 0.219 e. The standard InChI is InChI=1S/C17H19FN4O/c1-3-10-20-17(19-2)22-12-13-4-9-16(21-11-13)23-15-7-5-14(18)6-8-15/h3-9,11H,1,10,12H2,2H3,(H2,19,20,22). The van der Waals surface area contributed by atoms with E-state index >= 15 is 0 Å². The van der Waals surface area contributed by atoms with Crippen LogP contribution >= 0.6 is 0 Å². The highest BCUT2D eigenvalue weighted by atomic mass is 19.1. The van der Waals surface area contributed by atoms with E-state index in [9.17, 15) is 4.39 Å². The van der Waals surface area contributed by atoms with Crippen molar-refractivity contribution in [3.63, 3.8) is 0 Å². The van der Waals surface area contributed by atoms with Crippen LogP contribution in [0, 0.1) is 5.82 Å². The molecule has 1 aromatic heterocycles. The van der Waals surface area contributed by atoms with E-state index in [0.717, 1.165) is 5.56 Å². The van der Waals surface area contributed by atoms with Gasteiger partial charge in [-0.1, -0.05) is 12.1 Å². The summed E-state index contributed by atoms with van der Waals surface area (Å²) in [6.07, 6.45) is 3.47. The van der Waals surface area contributed by atoms with Gasteiger partial charge in [0.05, 0.1) is 0 Å². The molecule has 0 spiro atoms. The number of aliphatic imine (C=N–C) groups is 1. The molecule has 0 radical (unpaired) electrons. The van der Waals surface area contributed by atoms with E-state index in [1.807, 2.05) is 6.07 Å². The Labute approximate surface area is 134 Å². The molecule has 0 fully saturated rings. The van der Waals surface area contributed by atoms with Gasteiger partial charge in [-0.05, 0) is 29.8 Å². The number of benzene rings is 1. The highest BCUT2D eigenvalue weighted by molar-refractivity contribution is 5.79. The molecule has 2 rings (SSSR count). The Hall–Kier alpha value is -2.89. The second-order valence-corrected chi connectivity index (χ2v) is 4.66. The molecule has 2 aromatic rings. The minimum absolute atomic E-state index is 0.301. The minimum Gasteiger partial charge on any atom is -0.439 e. The number of halogens is 1. The largest absolute Gasteiger partial charge is 0.439 e. The van der Waals surface area contributed by atoms with E-state index in [4.69, 9.17) is 4.74 Å². The van der Waals surface area contributed by atoms with Gasteiger partial charge in [0.1, 0.15) is 11.6 Å². The SMILES string of the molecule is C=CCNC(=NC)NCc1ccc(Oc2ccc(F)cc2)nc1. The Bertz CT molecular complexity index is 653. The van der Waals surface area contributed by atoms with E-state index in [1.54, 1.807) is 37.5 Å². The lowest BCUT2D eigenvalue weighted by molar-refractivity contribution is 0.461. The maximum atomic E-state index is 12.8. The third-order valence-corrected chi connectivity index (χ3v) is 2.93. The molecule has 0 aliphatic rings. The van der Waals surface area contributed by atoms with Crippen molar-refractivity contribution >= 4 is 5.96 Å². The number of ether oxygens (including phenoxy) is 1. The van der Waals surface area contributed by atoms with Gasteiger partial charge in [0.2, 0.25) is 5.88 Å². The van der Waals surface area contributed by atoms with Crippen LogP contribution in [0.15, 0.2) is 60.2 Å². The average Bonchev–Trinajstić information content (AvgIpc) is 2.58. The fourth-order valence-electron chi connectivity index (χ4n) is 1.77. The first-order chi connectivity index (χ1) is 11.2. The van der Waals surface area contributed by atoms with Crippen molar-refractivity contribution in [2.24, 2.45) is 4.99 Å². The molecule has 6 heteroatoms. The van der Waals surface area contributed by atoms with Crippen molar-refractivity contribution in [1.82, 2.24) is 15.6 Å². The molecule has 0 saturated carbocycles. The molecule has 120 valence electrons. The van der Waals surface area contributed by atoms with Gasteiger partial charge >= 0.3 is 0 Å². The first-order valence-electron chi connectivity index (χ1n) is 7.15. The van der Waals surface area contributed by atoms with Crippen LogP contribution in [0.4, 0.5) is 4.39 Å². The fourth-order valence-corrected chi connectivity index (χ4v) is 1.77. The highest BCUT2D eigenvalue weighted by Gasteiger charge is 2.01. The third-order valence-electron chi connectivity index (χ3n) is 2.93. The van der Waals surface area contributed by atoms with Crippen molar-refractivity contribution in [2.45, 2.75) is 6.54 Å². The van der Waals surface area contributed by atoms with Gasteiger partial charge in [0.15, 0.2) is 5.96 Å². The normalized spacial score (nSPS) is 11.0. The van der Waals surface area contributed by atoms with E-state index in [1.165, 1.54) is 12.1 Å². The highest BCUT2D eigenvalue weighted by Crippen LogP contribution is 2.19. The quantitative estimate of drug-likeness (QED) is 0.489. The zero-order chi connectivity index (χ0) is 16.5. The van der Waals surface area contributed by atoms with Crippen LogP contribution in [0.5, 0.6) is 11.6 Å². The third kappa shape index (κ3) is 5.43. The lowest BCUT2D eigenvalue weighted by Crippen LogP contribution is -2.36. The Morgan fingerprint density at radius 3 is 2.65 bits per heavy atom. The van der Waals surface area contributed by atoms with E-state index in [0.29, 0.717) is 30.7 Å². The summed E-state index contributed by atoms with van der Waals surface area (Å²) in [5, 5.41) is 6.25. The van der Waals surface area contributed by atoms with Crippen LogP contribution in [-0.4, -0.2) is 24.5 Å². The Morgan fingerprint density at radius 1 is 1.26 bits per heavy atom. The molecule has 0 aliphatic carbocycles. The van der Waals surface area contributed by atoms with E-state index in [-0.39, 0.29) is 5.82 Å². The van der Waals surface area contributed by atoms with Crippen molar-refractivity contribution in [2.75, 3.05) is 13.6 Å². The molecule has 5 nitrogen and oxygen atoms in total. The zero-order valence-electron chi connectivity index (χ0n) is 12.9. The number of pyridine rings is 1. The van der Waals surface area contributed by atoms with Gasteiger partial charge in [-0.25, -0.2) is 9.37 Å². The molecule has 1 aromatic carbocycles. The van der Waals surface area contributed by atoms with Gasteiger partial charge < -0.3 is 15.4 Å². The van der Waals surface area contributed by atoms with Gasteiger partial charge in [0.25, 0.3) is 0 Å². The number of guanidine groups is 1. The maximum absolute atomic E-state index is 12.8.